The van der Waals surface area contributed by atoms with Gasteiger partial charge in [0.2, 0.25) is 5.91 Å². The third-order valence-corrected chi connectivity index (χ3v) is 8.86. The maximum Gasteiger partial charge on any atom is 0.238 e. The quantitative estimate of drug-likeness (QED) is 0.289. The minimum absolute atomic E-state index is 0.258. The van der Waals surface area contributed by atoms with Crippen molar-refractivity contribution in [1.29, 1.82) is 0 Å². The van der Waals surface area contributed by atoms with Crippen LogP contribution in [0.5, 0.6) is 5.75 Å². The highest BCUT2D eigenvalue weighted by Gasteiger charge is 2.70. The van der Waals surface area contributed by atoms with Crippen molar-refractivity contribution in [1.82, 2.24) is 4.90 Å². The Hall–Kier alpha value is -4.68. The lowest BCUT2D eigenvalue weighted by Crippen LogP contribution is -2.49. The average Bonchev–Trinajstić information content (AvgIpc) is 3.49. The Labute approximate surface area is 242 Å². The van der Waals surface area contributed by atoms with E-state index in [1.807, 2.05) is 65.7 Å². The number of benzene rings is 4. The number of amides is 1. The number of methoxy groups -OCH3 is 1. The maximum absolute atomic E-state index is 14.8. The number of nitrogens with zero attached hydrogens (tertiary/aromatic N) is 1. The molecule has 6 nitrogen and oxygen atoms in total. The molecule has 3 heterocycles. The summed E-state index contributed by atoms with van der Waals surface area (Å²) in [7, 11) is 1.54. The predicted molar refractivity (Wildman–Crippen MR) is 157 cm³/mol. The molecule has 4 aromatic rings. The number of anilines is 1. The summed E-state index contributed by atoms with van der Waals surface area (Å²) in [4.78, 5) is 45.7. The Bertz CT molecular complexity index is 1760. The summed E-state index contributed by atoms with van der Waals surface area (Å²) in [6.07, 6.45) is 3.80. The van der Waals surface area contributed by atoms with Gasteiger partial charge >= 0.3 is 0 Å². The van der Waals surface area contributed by atoms with Crippen LogP contribution in [0, 0.1) is 5.92 Å². The molecule has 41 heavy (non-hydrogen) atoms. The van der Waals surface area contributed by atoms with Crippen LogP contribution in [-0.2, 0) is 10.2 Å². The molecule has 0 radical (unpaired) electrons. The average molecular weight is 561 g/mol. The number of para-hydroxylation sites is 1. The summed E-state index contributed by atoms with van der Waals surface area (Å²) in [6.45, 7) is 0. The molecule has 1 N–H and O–H groups in total. The number of nitrogens with one attached hydrogen (secondary N) is 1. The Morgan fingerprint density at radius 1 is 0.878 bits per heavy atom. The number of ketones is 2. The summed E-state index contributed by atoms with van der Waals surface area (Å²) < 4.78 is 5.43. The lowest BCUT2D eigenvalue weighted by molar-refractivity contribution is -0.122. The van der Waals surface area contributed by atoms with E-state index >= 15 is 0 Å². The molecule has 0 bridgehead atoms. The van der Waals surface area contributed by atoms with Crippen molar-refractivity contribution >= 4 is 40.8 Å². The normalized spacial score (nSPS) is 23.5. The van der Waals surface area contributed by atoms with Crippen molar-refractivity contribution in [3.05, 3.63) is 136 Å². The molecule has 4 aromatic carbocycles. The van der Waals surface area contributed by atoms with Crippen molar-refractivity contribution in [2.24, 2.45) is 5.92 Å². The maximum atomic E-state index is 14.8. The highest BCUT2D eigenvalue weighted by molar-refractivity contribution is 6.30. The van der Waals surface area contributed by atoms with E-state index < -0.39 is 23.4 Å². The number of fused-ring (bicyclic) bond motifs is 6. The van der Waals surface area contributed by atoms with E-state index in [9.17, 15) is 14.4 Å². The Morgan fingerprint density at radius 2 is 1.63 bits per heavy atom. The Balaban J connectivity index is 1.53. The summed E-state index contributed by atoms with van der Waals surface area (Å²) in [5.41, 5.74) is 2.58. The molecule has 7 heteroatoms. The van der Waals surface area contributed by atoms with Gasteiger partial charge in [0.05, 0.1) is 19.1 Å². The van der Waals surface area contributed by atoms with Crippen LogP contribution >= 0.6 is 11.6 Å². The van der Waals surface area contributed by atoms with Gasteiger partial charge in [0.15, 0.2) is 11.6 Å². The van der Waals surface area contributed by atoms with Crippen molar-refractivity contribution in [2.45, 2.75) is 17.5 Å². The molecule has 0 aromatic heterocycles. The molecule has 7 rings (SSSR count). The van der Waals surface area contributed by atoms with E-state index in [1.54, 1.807) is 48.5 Å². The molecule has 1 spiro atoms. The van der Waals surface area contributed by atoms with Gasteiger partial charge in [-0.25, -0.2) is 0 Å². The molecule has 0 aliphatic carbocycles. The number of rotatable bonds is 5. The second-order valence-corrected chi connectivity index (χ2v) is 11.0. The third-order valence-electron chi connectivity index (χ3n) is 8.60. The van der Waals surface area contributed by atoms with Crippen LogP contribution in [0.4, 0.5) is 5.69 Å². The minimum Gasteiger partial charge on any atom is -0.497 e. The van der Waals surface area contributed by atoms with E-state index in [0.29, 0.717) is 33.1 Å². The fourth-order valence-electron chi connectivity index (χ4n) is 6.91. The molecule has 0 unspecified atom stereocenters. The van der Waals surface area contributed by atoms with E-state index in [0.717, 1.165) is 11.1 Å². The molecule has 1 fully saturated rings. The summed E-state index contributed by atoms with van der Waals surface area (Å²) in [5.74, 6) is -1.40. The second-order valence-electron chi connectivity index (χ2n) is 10.6. The van der Waals surface area contributed by atoms with Gasteiger partial charge in [0.1, 0.15) is 17.2 Å². The smallest absolute Gasteiger partial charge is 0.238 e. The van der Waals surface area contributed by atoms with Gasteiger partial charge in [-0.3, -0.25) is 14.4 Å². The van der Waals surface area contributed by atoms with Crippen LogP contribution in [0.1, 0.15) is 43.4 Å². The molecule has 3 aliphatic rings. The van der Waals surface area contributed by atoms with Gasteiger partial charge in [-0.05, 0) is 65.2 Å². The molecule has 0 saturated carbocycles. The topological polar surface area (TPSA) is 75.7 Å². The molecular formula is C34H25ClN2O4. The minimum atomic E-state index is -1.38. The van der Waals surface area contributed by atoms with Crippen LogP contribution in [0.15, 0.2) is 103 Å². The summed E-state index contributed by atoms with van der Waals surface area (Å²) >= 11 is 6.15. The van der Waals surface area contributed by atoms with Crippen LogP contribution < -0.4 is 10.1 Å². The third kappa shape index (κ3) is 3.60. The van der Waals surface area contributed by atoms with Crippen molar-refractivity contribution in [3.63, 3.8) is 0 Å². The first kappa shape index (κ1) is 25.3. The van der Waals surface area contributed by atoms with E-state index in [1.165, 1.54) is 7.11 Å². The summed E-state index contributed by atoms with van der Waals surface area (Å²) in [6, 6.07) is 27.3. The van der Waals surface area contributed by atoms with E-state index in [4.69, 9.17) is 16.3 Å². The highest BCUT2D eigenvalue weighted by atomic mass is 35.5. The molecule has 1 amide bonds. The van der Waals surface area contributed by atoms with Gasteiger partial charge in [0, 0.05) is 28.0 Å². The van der Waals surface area contributed by atoms with Gasteiger partial charge in [-0.2, -0.15) is 0 Å². The zero-order chi connectivity index (χ0) is 28.3. The number of halogens is 1. The first-order valence-corrected chi connectivity index (χ1v) is 13.8. The molecule has 3 aliphatic heterocycles. The number of ether oxygens (including phenoxy) is 1. The number of carbonyl (C=O) groups is 3. The Morgan fingerprint density at radius 3 is 2.44 bits per heavy atom. The lowest BCUT2D eigenvalue weighted by Gasteiger charge is -2.38. The van der Waals surface area contributed by atoms with Gasteiger partial charge in [-0.1, -0.05) is 66.2 Å². The molecule has 1 saturated heterocycles. The van der Waals surface area contributed by atoms with Crippen molar-refractivity contribution in [3.8, 4) is 5.75 Å². The largest absolute Gasteiger partial charge is 0.497 e. The number of carbonyl (C=O) groups excluding carboxylic acids is 3. The van der Waals surface area contributed by atoms with Crippen molar-refractivity contribution < 1.29 is 19.1 Å². The van der Waals surface area contributed by atoms with Gasteiger partial charge in [0.25, 0.3) is 0 Å². The van der Waals surface area contributed by atoms with E-state index in [2.05, 4.69) is 5.32 Å². The van der Waals surface area contributed by atoms with Gasteiger partial charge in [-0.15, -0.1) is 0 Å². The molecule has 202 valence electrons. The molecular weight excluding hydrogens is 536 g/mol. The van der Waals surface area contributed by atoms with Gasteiger partial charge < -0.3 is 15.0 Å². The summed E-state index contributed by atoms with van der Waals surface area (Å²) in [5, 5.41) is 3.57. The second kappa shape index (κ2) is 9.46. The molecule has 4 atom stereocenters. The standard InChI is InChI=1S/C34H25ClN2O4/c1-41-24-9-6-8-22(19-24)30(38)28-29(31(39)21-13-15-23(35)16-14-21)37-18-17-20-7-2-3-10-25(20)32(37)34(28)26-11-4-5-12-27(26)36-33(34)40/h2-19,28-29,32H,1H3,(H,36,40)/t28-,29+,32-,34-/m0/s1. The predicted octanol–water partition coefficient (Wildman–Crippen LogP) is 6.33. The van der Waals surface area contributed by atoms with Crippen LogP contribution in [-0.4, -0.2) is 35.5 Å². The Kier molecular flexibility index (Phi) is 5.84. The van der Waals surface area contributed by atoms with Crippen LogP contribution in [0.25, 0.3) is 6.08 Å². The zero-order valence-electron chi connectivity index (χ0n) is 22.1. The number of Topliss-reactive ketones (excluding diaryl/α,β-unsaturated/α-hetero) is 2. The lowest BCUT2D eigenvalue weighted by atomic mass is 9.62. The van der Waals surface area contributed by atoms with E-state index in [-0.39, 0.29) is 17.5 Å². The fourth-order valence-corrected chi connectivity index (χ4v) is 7.03. The first-order chi connectivity index (χ1) is 19.9. The number of hydrogen-bond acceptors (Lipinski definition) is 5. The first-order valence-electron chi connectivity index (χ1n) is 13.4. The zero-order valence-corrected chi connectivity index (χ0v) is 22.8. The van der Waals surface area contributed by atoms with Crippen LogP contribution in [0.3, 0.4) is 0 Å². The SMILES string of the molecule is COc1cccc(C(=O)[C@@H]2[C@H](C(=O)c3ccc(Cl)cc3)N3C=Cc4ccccc4[C@H]3[C@@]23C(=O)Nc2ccccc23)c1. The van der Waals surface area contributed by atoms with Crippen LogP contribution in [0.2, 0.25) is 5.02 Å². The fraction of sp³-hybridized carbons (Fsp3) is 0.147. The monoisotopic (exact) mass is 560 g/mol. The highest BCUT2D eigenvalue weighted by Crippen LogP contribution is 2.62. The number of hydrogen-bond donors (Lipinski definition) is 1. The van der Waals surface area contributed by atoms with Crippen molar-refractivity contribution in [2.75, 3.05) is 12.4 Å².